The summed E-state index contributed by atoms with van der Waals surface area (Å²) in [6, 6.07) is 18.6. The Hall–Kier alpha value is -2.08. The van der Waals surface area contributed by atoms with Gasteiger partial charge in [0.25, 0.3) is 0 Å². The van der Waals surface area contributed by atoms with E-state index in [1.54, 1.807) is 5.37 Å². The topological polar surface area (TPSA) is 99.5 Å². The summed E-state index contributed by atoms with van der Waals surface area (Å²) < 4.78 is 37.5. The minimum absolute atomic E-state index is 0. The molecule has 0 aromatic heterocycles. The Balaban J connectivity index is -0.000000105. The molecule has 0 saturated heterocycles. The van der Waals surface area contributed by atoms with Gasteiger partial charge in [0.2, 0.25) is 0 Å². The number of rotatable bonds is 2. The molecule has 0 spiro atoms. The zero-order chi connectivity index (χ0) is 19.8. The molecule has 124 valence electrons. The quantitative estimate of drug-likeness (QED) is 0.337. The average Bonchev–Trinajstić information content (AvgIpc) is 2.76. The Morgan fingerprint density at radius 2 is 0.880 bits per heavy atom. The summed E-state index contributed by atoms with van der Waals surface area (Å²) in [5.41, 5.74) is 3.55. The first-order valence-corrected chi connectivity index (χ1v) is 6.00. The van der Waals surface area contributed by atoms with Gasteiger partial charge in [-0.25, -0.2) is 0 Å². The summed E-state index contributed by atoms with van der Waals surface area (Å²) in [5, 5.41) is 1.69. The maximum atomic E-state index is 7.50. The second-order valence-electron chi connectivity index (χ2n) is 3.11. The summed E-state index contributed by atoms with van der Waals surface area (Å²) in [6.07, 6.45) is 0. The van der Waals surface area contributed by atoms with Gasteiger partial charge in [0, 0.05) is 26.4 Å². The van der Waals surface area contributed by atoms with Crippen molar-refractivity contribution in [1.82, 2.24) is 0 Å². The van der Waals surface area contributed by atoms with Gasteiger partial charge in [-0.3, -0.25) is 0 Å². The van der Waals surface area contributed by atoms with Crippen molar-refractivity contribution in [2.45, 2.75) is 0 Å². The Bertz CT molecular complexity index is 594. The SMILES string of the molecule is S=Cc1ccc(-c2ccccc2)cc1.[C-]#[O+].[C-]#[O+].[C-]#[O+].[C-]#[O+].[C-]#[O+].[W]. The molecule has 0 fully saturated rings. The van der Waals surface area contributed by atoms with Gasteiger partial charge >= 0.3 is 56.5 Å². The van der Waals surface area contributed by atoms with E-state index in [0.29, 0.717) is 0 Å². The van der Waals surface area contributed by atoms with Gasteiger partial charge in [-0.1, -0.05) is 66.8 Å². The third kappa shape index (κ3) is 18.1. The summed E-state index contributed by atoms with van der Waals surface area (Å²) in [6.45, 7) is 22.5. The van der Waals surface area contributed by atoms with E-state index in [1.807, 2.05) is 30.3 Å². The van der Waals surface area contributed by atoms with Gasteiger partial charge < -0.3 is 0 Å². The predicted octanol–water partition coefficient (Wildman–Crippen LogP) is 3.51. The summed E-state index contributed by atoms with van der Waals surface area (Å²) in [7, 11) is 0. The van der Waals surface area contributed by atoms with Gasteiger partial charge in [-0.05, 0) is 16.7 Å². The van der Waals surface area contributed by atoms with Crippen molar-refractivity contribution in [2.24, 2.45) is 0 Å². The van der Waals surface area contributed by atoms with Crippen LogP contribution in [-0.4, -0.2) is 5.37 Å². The van der Waals surface area contributed by atoms with E-state index < -0.39 is 0 Å². The van der Waals surface area contributed by atoms with E-state index in [2.05, 4.69) is 57.5 Å². The maximum Gasteiger partial charge on any atom is 0 e. The molecule has 2 aromatic rings. The van der Waals surface area contributed by atoms with Crippen LogP contribution in [0.5, 0.6) is 0 Å². The number of benzene rings is 2. The first kappa shape index (κ1) is 34.3. The molecule has 0 aliphatic rings. The van der Waals surface area contributed by atoms with Crippen molar-refractivity contribution in [3.05, 3.63) is 93.4 Å². The van der Waals surface area contributed by atoms with E-state index in [4.69, 9.17) is 35.5 Å². The molecule has 0 saturated carbocycles. The second kappa shape index (κ2) is 33.5. The molecule has 0 amide bonds. The van der Waals surface area contributed by atoms with Crippen molar-refractivity contribution in [3.8, 4) is 11.1 Å². The molecule has 5 nitrogen and oxygen atoms in total. The molecule has 2 rings (SSSR count). The third-order valence-corrected chi connectivity index (χ3v) is 2.43. The molecule has 0 bridgehead atoms. The van der Waals surface area contributed by atoms with Crippen LogP contribution >= 0.6 is 12.2 Å². The molecule has 25 heavy (non-hydrogen) atoms. The van der Waals surface area contributed by atoms with Gasteiger partial charge in [0.1, 0.15) is 0 Å². The fourth-order valence-corrected chi connectivity index (χ4v) is 1.54. The maximum absolute atomic E-state index is 7.50. The standard InChI is InChI=1S/C13H10S.5CO.W/c14-10-11-6-8-13(9-7-11)12-4-2-1-3-5-12;5*1-2;/h1-10H;;;;;;. The van der Waals surface area contributed by atoms with E-state index in [1.165, 1.54) is 11.1 Å². The summed E-state index contributed by atoms with van der Waals surface area (Å²) in [5.74, 6) is 0. The van der Waals surface area contributed by atoms with Crippen LogP contribution in [0, 0.1) is 33.3 Å². The summed E-state index contributed by atoms with van der Waals surface area (Å²) in [4.78, 5) is 0. The van der Waals surface area contributed by atoms with E-state index in [9.17, 15) is 0 Å². The Morgan fingerprint density at radius 1 is 0.560 bits per heavy atom. The van der Waals surface area contributed by atoms with Crippen LogP contribution in [0.3, 0.4) is 0 Å². The molecule has 0 aliphatic carbocycles. The van der Waals surface area contributed by atoms with E-state index >= 15 is 0 Å². The molecule has 7 heteroatoms. The number of hydrogen-bond donors (Lipinski definition) is 0. The van der Waals surface area contributed by atoms with Crippen molar-refractivity contribution < 1.29 is 44.3 Å². The smallest absolute Gasteiger partial charge is 0 e. The van der Waals surface area contributed by atoms with Crippen LogP contribution in [-0.2, 0) is 44.3 Å². The van der Waals surface area contributed by atoms with Gasteiger partial charge in [0.15, 0.2) is 0 Å². The van der Waals surface area contributed by atoms with Crippen LogP contribution in [0.1, 0.15) is 5.56 Å². The monoisotopic (exact) mass is 522 g/mol. The Kier molecular flexibility index (Phi) is 46.0. The second-order valence-corrected chi connectivity index (χ2v) is 3.34. The van der Waals surface area contributed by atoms with Crippen molar-refractivity contribution in [1.29, 1.82) is 0 Å². The fraction of sp³-hybridized carbons (Fsp3) is 0. The Morgan fingerprint density at radius 3 is 1.20 bits per heavy atom. The normalized spacial score (nSPS) is 5.84. The largest absolute Gasteiger partial charge is 0 e. The minimum Gasteiger partial charge on any atom is 0 e. The Labute approximate surface area is 166 Å². The molecule has 0 radical (unpaired) electrons. The molecular weight excluding hydrogens is 512 g/mol. The predicted molar refractivity (Wildman–Crippen MR) is 84.3 cm³/mol. The van der Waals surface area contributed by atoms with Crippen molar-refractivity contribution in [2.75, 3.05) is 0 Å². The van der Waals surface area contributed by atoms with Gasteiger partial charge in [-0.2, -0.15) is 0 Å². The molecule has 0 unspecified atom stereocenters. The average molecular weight is 522 g/mol. The van der Waals surface area contributed by atoms with Crippen LogP contribution in [0.2, 0.25) is 0 Å². The van der Waals surface area contributed by atoms with E-state index in [0.717, 1.165) is 5.56 Å². The fourth-order valence-electron chi connectivity index (χ4n) is 1.38. The molecule has 0 atom stereocenters. The molecule has 0 aliphatic heterocycles. The molecule has 0 N–H and O–H groups in total. The van der Waals surface area contributed by atoms with E-state index in [-0.39, 0.29) is 21.1 Å². The van der Waals surface area contributed by atoms with Crippen LogP contribution in [0.25, 0.3) is 11.1 Å². The summed E-state index contributed by atoms with van der Waals surface area (Å²) >= 11 is 4.85. The zero-order valence-corrected chi connectivity index (χ0v) is 16.4. The molecule has 0 heterocycles. The van der Waals surface area contributed by atoms with Crippen molar-refractivity contribution >= 4 is 17.6 Å². The zero-order valence-electron chi connectivity index (χ0n) is 12.6. The molecular formula is C18H10O5SW. The van der Waals surface area contributed by atoms with Crippen LogP contribution in [0.4, 0.5) is 0 Å². The first-order chi connectivity index (χ1) is 11.9. The number of thiocarbonyl (C=S) groups is 1. The number of hydrogen-bond acceptors (Lipinski definition) is 1. The van der Waals surface area contributed by atoms with Crippen molar-refractivity contribution in [3.63, 3.8) is 0 Å². The van der Waals surface area contributed by atoms with Crippen LogP contribution in [0.15, 0.2) is 54.6 Å². The minimum atomic E-state index is 0. The van der Waals surface area contributed by atoms with Gasteiger partial charge in [-0.15, -0.1) is 0 Å². The van der Waals surface area contributed by atoms with Crippen LogP contribution < -0.4 is 0 Å². The van der Waals surface area contributed by atoms with Gasteiger partial charge in [0.05, 0.1) is 0 Å². The molecule has 2 aromatic carbocycles. The first-order valence-electron chi connectivity index (χ1n) is 5.53. The third-order valence-electron chi connectivity index (χ3n) is 2.15.